The minimum absolute atomic E-state index is 0.0610. The number of piperidine rings is 1. The van der Waals surface area contributed by atoms with Crippen molar-refractivity contribution >= 4 is 5.91 Å². The van der Waals surface area contributed by atoms with Gasteiger partial charge in [-0.25, -0.2) is 0 Å². The highest BCUT2D eigenvalue weighted by Gasteiger charge is 2.15. The van der Waals surface area contributed by atoms with Gasteiger partial charge in [-0.3, -0.25) is 4.79 Å². The number of nitrogens with zero attached hydrogens (tertiary/aromatic N) is 1. The molecule has 1 amide bonds. The maximum atomic E-state index is 11.7. The summed E-state index contributed by atoms with van der Waals surface area (Å²) in [5, 5.41) is 6.04. The van der Waals surface area contributed by atoms with E-state index in [9.17, 15) is 4.79 Å². The zero-order valence-electron chi connectivity index (χ0n) is 12.2. The van der Waals surface area contributed by atoms with Gasteiger partial charge in [0.2, 0.25) is 5.91 Å². The van der Waals surface area contributed by atoms with Crippen LogP contribution in [0.25, 0.3) is 0 Å². The van der Waals surface area contributed by atoms with Gasteiger partial charge in [0.05, 0.1) is 0 Å². The summed E-state index contributed by atoms with van der Waals surface area (Å²) in [4.78, 5) is 14.2. The maximum Gasteiger partial charge on any atom is 0.224 e. The van der Waals surface area contributed by atoms with Crippen molar-refractivity contribution in [3.05, 3.63) is 0 Å². The number of hydrogen-bond acceptors (Lipinski definition) is 3. The first-order valence-electron chi connectivity index (χ1n) is 7.28. The highest BCUT2D eigenvalue weighted by molar-refractivity contribution is 5.78. The zero-order valence-corrected chi connectivity index (χ0v) is 12.2. The second-order valence-corrected chi connectivity index (χ2v) is 5.63. The average molecular weight is 255 g/mol. The summed E-state index contributed by atoms with van der Waals surface area (Å²) in [6, 6.07) is 0. The Hall–Kier alpha value is -0.610. The third-order valence-electron chi connectivity index (χ3n) is 3.78. The molecule has 106 valence electrons. The number of nitrogens with one attached hydrogen (secondary N) is 2. The summed E-state index contributed by atoms with van der Waals surface area (Å²) in [6.45, 7) is 9.41. The van der Waals surface area contributed by atoms with E-state index in [-0.39, 0.29) is 11.8 Å². The fraction of sp³-hybridized carbons (Fsp3) is 0.929. The molecule has 1 rings (SSSR count). The lowest BCUT2D eigenvalue weighted by Crippen LogP contribution is -2.37. The third kappa shape index (κ3) is 5.83. The molecular formula is C14H29N3O. The molecule has 4 heteroatoms. The molecule has 0 spiro atoms. The van der Waals surface area contributed by atoms with Crippen LogP contribution in [-0.4, -0.2) is 50.6 Å². The van der Waals surface area contributed by atoms with Crippen LogP contribution in [0, 0.1) is 11.8 Å². The van der Waals surface area contributed by atoms with Gasteiger partial charge >= 0.3 is 0 Å². The van der Waals surface area contributed by atoms with Crippen molar-refractivity contribution in [1.29, 1.82) is 0 Å². The van der Waals surface area contributed by atoms with E-state index in [2.05, 4.69) is 22.5 Å². The van der Waals surface area contributed by atoms with E-state index in [1.165, 1.54) is 25.9 Å². The Morgan fingerprint density at radius 2 is 2.06 bits per heavy atom. The first-order valence-corrected chi connectivity index (χ1v) is 7.28. The standard InChI is InChI=1S/C14H29N3O/c1-12-5-9-17(10-6-12)8-4-7-16-14(18)13(2)11-15-3/h12-13,15H,4-11H2,1-3H3,(H,16,18). The molecule has 1 fully saturated rings. The van der Waals surface area contributed by atoms with Crippen molar-refractivity contribution in [2.45, 2.75) is 33.1 Å². The molecule has 0 aromatic heterocycles. The summed E-state index contributed by atoms with van der Waals surface area (Å²) in [6.07, 6.45) is 3.71. The quantitative estimate of drug-likeness (QED) is 0.669. The lowest BCUT2D eigenvalue weighted by atomic mass is 9.99. The molecule has 0 aliphatic carbocycles. The van der Waals surface area contributed by atoms with Crippen LogP contribution in [0.15, 0.2) is 0 Å². The van der Waals surface area contributed by atoms with Gasteiger partial charge in [-0.2, -0.15) is 0 Å². The normalized spacial score (nSPS) is 19.7. The van der Waals surface area contributed by atoms with Crippen molar-refractivity contribution in [2.75, 3.05) is 39.8 Å². The largest absolute Gasteiger partial charge is 0.356 e. The van der Waals surface area contributed by atoms with Crippen LogP contribution in [0.5, 0.6) is 0 Å². The number of likely N-dealkylation sites (tertiary alicyclic amines) is 1. The minimum atomic E-state index is 0.0610. The second-order valence-electron chi connectivity index (χ2n) is 5.63. The van der Waals surface area contributed by atoms with Crippen molar-refractivity contribution in [3.8, 4) is 0 Å². The molecule has 1 heterocycles. The van der Waals surface area contributed by atoms with Crippen molar-refractivity contribution in [3.63, 3.8) is 0 Å². The smallest absolute Gasteiger partial charge is 0.224 e. The van der Waals surface area contributed by atoms with Crippen LogP contribution < -0.4 is 10.6 Å². The Morgan fingerprint density at radius 3 is 2.67 bits per heavy atom. The Kier molecular flexibility index (Phi) is 7.28. The molecule has 1 saturated heterocycles. The second kappa shape index (κ2) is 8.48. The lowest BCUT2D eigenvalue weighted by molar-refractivity contribution is -0.124. The highest BCUT2D eigenvalue weighted by atomic mass is 16.1. The van der Waals surface area contributed by atoms with Crippen LogP contribution in [-0.2, 0) is 4.79 Å². The van der Waals surface area contributed by atoms with Gasteiger partial charge in [-0.05, 0) is 51.9 Å². The molecule has 0 bridgehead atoms. The van der Waals surface area contributed by atoms with Gasteiger partial charge in [0.1, 0.15) is 0 Å². The van der Waals surface area contributed by atoms with Crippen LogP contribution in [0.3, 0.4) is 0 Å². The SMILES string of the molecule is CNCC(C)C(=O)NCCCN1CCC(C)CC1. The minimum Gasteiger partial charge on any atom is -0.356 e. The van der Waals surface area contributed by atoms with E-state index in [1.54, 1.807) is 0 Å². The van der Waals surface area contributed by atoms with E-state index in [1.807, 2.05) is 14.0 Å². The zero-order chi connectivity index (χ0) is 13.4. The summed E-state index contributed by atoms with van der Waals surface area (Å²) in [5.41, 5.74) is 0. The first kappa shape index (κ1) is 15.4. The van der Waals surface area contributed by atoms with Gasteiger partial charge in [0, 0.05) is 19.0 Å². The molecule has 4 nitrogen and oxygen atoms in total. The third-order valence-corrected chi connectivity index (χ3v) is 3.78. The number of hydrogen-bond donors (Lipinski definition) is 2. The summed E-state index contributed by atoms with van der Waals surface area (Å²) in [5.74, 6) is 1.12. The molecule has 0 radical (unpaired) electrons. The molecule has 0 aromatic rings. The van der Waals surface area contributed by atoms with Crippen LogP contribution in [0.4, 0.5) is 0 Å². The van der Waals surface area contributed by atoms with Crippen molar-refractivity contribution < 1.29 is 4.79 Å². The molecule has 18 heavy (non-hydrogen) atoms. The van der Waals surface area contributed by atoms with E-state index >= 15 is 0 Å². The molecule has 1 atom stereocenters. The molecule has 0 aromatic carbocycles. The van der Waals surface area contributed by atoms with E-state index in [0.29, 0.717) is 0 Å². The Labute approximate surface area is 111 Å². The maximum absolute atomic E-state index is 11.7. The Morgan fingerprint density at radius 1 is 1.39 bits per heavy atom. The van der Waals surface area contributed by atoms with Crippen LogP contribution >= 0.6 is 0 Å². The van der Waals surface area contributed by atoms with Gasteiger partial charge < -0.3 is 15.5 Å². The van der Waals surface area contributed by atoms with Gasteiger partial charge in [-0.15, -0.1) is 0 Å². The van der Waals surface area contributed by atoms with E-state index in [4.69, 9.17) is 0 Å². The summed E-state index contributed by atoms with van der Waals surface area (Å²) in [7, 11) is 1.88. The molecule has 0 saturated carbocycles. The predicted octanol–water partition coefficient (Wildman–Crippen LogP) is 1.08. The van der Waals surface area contributed by atoms with Crippen molar-refractivity contribution in [2.24, 2.45) is 11.8 Å². The van der Waals surface area contributed by atoms with Crippen molar-refractivity contribution in [1.82, 2.24) is 15.5 Å². The average Bonchev–Trinajstić information content (AvgIpc) is 2.36. The van der Waals surface area contributed by atoms with Crippen LogP contribution in [0.2, 0.25) is 0 Å². The van der Waals surface area contributed by atoms with Gasteiger partial charge in [0.25, 0.3) is 0 Å². The number of amides is 1. The Bertz CT molecular complexity index is 237. The fourth-order valence-corrected chi connectivity index (χ4v) is 2.37. The lowest BCUT2D eigenvalue weighted by Gasteiger charge is -2.30. The molecule has 1 aliphatic heterocycles. The first-order chi connectivity index (χ1) is 8.63. The molecule has 2 N–H and O–H groups in total. The van der Waals surface area contributed by atoms with Gasteiger partial charge in [-0.1, -0.05) is 13.8 Å². The van der Waals surface area contributed by atoms with Gasteiger partial charge in [0.15, 0.2) is 0 Å². The fourth-order valence-electron chi connectivity index (χ4n) is 2.37. The van der Waals surface area contributed by atoms with E-state index < -0.39 is 0 Å². The molecule has 1 aliphatic rings. The monoisotopic (exact) mass is 255 g/mol. The Balaban J connectivity index is 2.02. The summed E-state index contributed by atoms with van der Waals surface area (Å²) < 4.78 is 0. The highest BCUT2D eigenvalue weighted by Crippen LogP contribution is 2.15. The molecule has 1 unspecified atom stereocenters. The van der Waals surface area contributed by atoms with Crippen LogP contribution in [0.1, 0.15) is 33.1 Å². The topological polar surface area (TPSA) is 44.4 Å². The molecular weight excluding hydrogens is 226 g/mol. The van der Waals surface area contributed by atoms with E-state index in [0.717, 1.165) is 32.0 Å². The predicted molar refractivity (Wildman–Crippen MR) is 75.6 cm³/mol. The number of carbonyl (C=O) groups is 1. The summed E-state index contributed by atoms with van der Waals surface area (Å²) >= 11 is 0. The number of rotatable bonds is 7. The number of carbonyl (C=O) groups excluding carboxylic acids is 1.